The second-order valence-electron chi connectivity index (χ2n) is 5.15. The first-order valence-corrected chi connectivity index (χ1v) is 8.16. The molecule has 0 aliphatic rings. The summed E-state index contributed by atoms with van der Waals surface area (Å²) in [5.74, 6) is -1.47. The van der Waals surface area contributed by atoms with Crippen LogP contribution in [0.4, 0.5) is 0 Å². The Labute approximate surface area is 154 Å². The summed E-state index contributed by atoms with van der Waals surface area (Å²) in [5, 5.41) is 3.03. The molecule has 2 rings (SSSR count). The van der Waals surface area contributed by atoms with E-state index in [2.05, 4.69) is 5.32 Å². The summed E-state index contributed by atoms with van der Waals surface area (Å²) >= 11 is 11.7. The third-order valence-electron chi connectivity index (χ3n) is 3.23. The molecule has 5 nitrogen and oxygen atoms in total. The lowest BCUT2D eigenvalue weighted by atomic mass is 10.1. The van der Waals surface area contributed by atoms with Crippen molar-refractivity contribution in [3.63, 3.8) is 0 Å². The minimum absolute atomic E-state index is 0.160. The van der Waals surface area contributed by atoms with E-state index in [1.54, 1.807) is 0 Å². The highest BCUT2D eigenvalue weighted by Gasteiger charge is 2.14. The Hall–Kier alpha value is -2.37. The van der Waals surface area contributed by atoms with E-state index < -0.39 is 18.4 Å². The predicted molar refractivity (Wildman–Crippen MR) is 94.9 cm³/mol. The summed E-state index contributed by atoms with van der Waals surface area (Å²) < 4.78 is 4.85. The highest BCUT2D eigenvalue weighted by molar-refractivity contribution is 6.36. The van der Waals surface area contributed by atoms with E-state index in [4.69, 9.17) is 27.9 Å². The highest BCUT2D eigenvalue weighted by Crippen LogP contribution is 2.21. The number of ether oxygens (including phenoxy) is 1. The van der Waals surface area contributed by atoms with Gasteiger partial charge in [0.2, 0.25) is 11.7 Å². The quantitative estimate of drug-likeness (QED) is 0.592. The van der Waals surface area contributed by atoms with Crippen molar-refractivity contribution < 1.29 is 19.1 Å². The van der Waals surface area contributed by atoms with Gasteiger partial charge >= 0.3 is 5.97 Å². The molecule has 0 radical (unpaired) electrons. The van der Waals surface area contributed by atoms with Gasteiger partial charge in [-0.1, -0.05) is 53.5 Å². The number of halogens is 2. The van der Waals surface area contributed by atoms with Gasteiger partial charge < -0.3 is 10.1 Å². The molecule has 0 heterocycles. The van der Waals surface area contributed by atoms with E-state index >= 15 is 0 Å². The van der Waals surface area contributed by atoms with Crippen LogP contribution in [0.15, 0.2) is 48.5 Å². The van der Waals surface area contributed by atoms with Gasteiger partial charge in [0.05, 0.1) is 11.4 Å². The van der Waals surface area contributed by atoms with Crippen molar-refractivity contribution in [1.29, 1.82) is 0 Å². The summed E-state index contributed by atoms with van der Waals surface area (Å²) in [6, 6.07) is 13.5. The Morgan fingerprint density at radius 2 is 1.72 bits per heavy atom. The van der Waals surface area contributed by atoms with Crippen LogP contribution in [-0.4, -0.2) is 30.8 Å². The number of carbonyl (C=O) groups is 3. The summed E-state index contributed by atoms with van der Waals surface area (Å²) in [6.07, 6.45) is 0.160. The van der Waals surface area contributed by atoms with Gasteiger partial charge in [0.15, 0.2) is 6.61 Å². The van der Waals surface area contributed by atoms with Crippen LogP contribution < -0.4 is 5.32 Å². The van der Waals surface area contributed by atoms with Gasteiger partial charge in [-0.15, -0.1) is 0 Å². The number of nitrogens with one attached hydrogen (secondary N) is 1. The maximum Gasteiger partial charge on any atom is 0.325 e. The smallest absolute Gasteiger partial charge is 0.325 e. The van der Waals surface area contributed by atoms with Gasteiger partial charge in [0.25, 0.3) is 0 Å². The standard InChI is InChI=1S/C18H15Cl2NO4/c19-13-6-7-14(15(20)9-13)16(22)11-25-18(24)10-21-17(23)8-12-4-2-1-3-5-12/h1-7,9H,8,10-11H2,(H,21,23). The molecule has 0 unspecified atom stereocenters. The number of ketones is 1. The lowest BCUT2D eigenvalue weighted by Crippen LogP contribution is -2.32. The van der Waals surface area contributed by atoms with E-state index in [1.807, 2.05) is 30.3 Å². The molecule has 130 valence electrons. The zero-order valence-electron chi connectivity index (χ0n) is 13.1. The fourth-order valence-electron chi connectivity index (χ4n) is 2.00. The minimum atomic E-state index is -0.708. The van der Waals surface area contributed by atoms with Crippen molar-refractivity contribution in [3.05, 3.63) is 69.7 Å². The zero-order chi connectivity index (χ0) is 18.2. The van der Waals surface area contributed by atoms with E-state index in [0.717, 1.165) is 5.56 Å². The van der Waals surface area contributed by atoms with Crippen LogP contribution in [0.2, 0.25) is 10.0 Å². The summed E-state index contributed by atoms with van der Waals surface area (Å²) in [6.45, 7) is -0.776. The van der Waals surface area contributed by atoms with Crippen LogP contribution in [0.1, 0.15) is 15.9 Å². The number of hydrogen-bond donors (Lipinski definition) is 1. The Kier molecular flexibility index (Phi) is 6.98. The monoisotopic (exact) mass is 379 g/mol. The maximum absolute atomic E-state index is 12.0. The van der Waals surface area contributed by atoms with Gasteiger partial charge in [-0.3, -0.25) is 14.4 Å². The molecule has 0 aliphatic heterocycles. The lowest BCUT2D eigenvalue weighted by Gasteiger charge is -2.07. The molecular weight excluding hydrogens is 365 g/mol. The average molecular weight is 380 g/mol. The van der Waals surface area contributed by atoms with Crippen molar-refractivity contribution in [3.8, 4) is 0 Å². The van der Waals surface area contributed by atoms with Gasteiger partial charge in [-0.25, -0.2) is 0 Å². The molecule has 0 fully saturated rings. The Balaban J connectivity index is 1.75. The zero-order valence-corrected chi connectivity index (χ0v) is 14.6. The molecule has 0 bridgehead atoms. The summed E-state index contributed by atoms with van der Waals surface area (Å²) in [7, 11) is 0. The predicted octanol–water partition coefficient (Wildman–Crippen LogP) is 3.08. The van der Waals surface area contributed by atoms with Gasteiger partial charge in [0, 0.05) is 10.6 Å². The van der Waals surface area contributed by atoms with Gasteiger partial charge in [-0.2, -0.15) is 0 Å². The number of carbonyl (C=O) groups excluding carboxylic acids is 3. The van der Waals surface area contributed by atoms with Crippen LogP contribution in [-0.2, 0) is 20.7 Å². The number of amides is 1. The molecule has 2 aromatic carbocycles. The molecule has 0 aromatic heterocycles. The molecule has 0 saturated heterocycles. The van der Waals surface area contributed by atoms with Crippen LogP contribution in [0.25, 0.3) is 0 Å². The largest absolute Gasteiger partial charge is 0.456 e. The maximum atomic E-state index is 12.0. The summed E-state index contributed by atoms with van der Waals surface area (Å²) in [5.41, 5.74) is 1.05. The van der Waals surface area contributed by atoms with Crippen LogP contribution >= 0.6 is 23.2 Å². The van der Waals surface area contributed by atoms with Crippen molar-refractivity contribution in [2.75, 3.05) is 13.2 Å². The first-order chi connectivity index (χ1) is 12.0. The first-order valence-electron chi connectivity index (χ1n) is 7.40. The van der Waals surface area contributed by atoms with Crippen molar-refractivity contribution >= 4 is 40.9 Å². The molecule has 0 saturated carbocycles. The van der Waals surface area contributed by atoms with Gasteiger partial charge in [-0.05, 0) is 23.8 Å². The Morgan fingerprint density at radius 1 is 1.00 bits per heavy atom. The number of benzene rings is 2. The second-order valence-corrected chi connectivity index (χ2v) is 5.99. The van der Waals surface area contributed by atoms with Crippen LogP contribution in [0, 0.1) is 0 Å². The molecule has 1 amide bonds. The van der Waals surface area contributed by atoms with Crippen LogP contribution in [0.5, 0.6) is 0 Å². The van der Waals surface area contributed by atoms with Crippen molar-refractivity contribution in [2.24, 2.45) is 0 Å². The fraction of sp³-hybridized carbons (Fsp3) is 0.167. The number of hydrogen-bond acceptors (Lipinski definition) is 4. The summed E-state index contributed by atoms with van der Waals surface area (Å²) in [4.78, 5) is 35.3. The SMILES string of the molecule is O=C(Cc1ccccc1)NCC(=O)OCC(=O)c1ccc(Cl)cc1Cl. The van der Waals surface area contributed by atoms with Crippen LogP contribution in [0.3, 0.4) is 0 Å². The second kappa shape index (κ2) is 9.20. The van der Waals surface area contributed by atoms with E-state index in [-0.39, 0.29) is 29.5 Å². The molecule has 0 atom stereocenters. The highest BCUT2D eigenvalue weighted by atomic mass is 35.5. The molecule has 0 spiro atoms. The number of Topliss-reactive ketones (excluding diaryl/α,β-unsaturated/α-hetero) is 1. The lowest BCUT2D eigenvalue weighted by molar-refractivity contribution is -0.142. The van der Waals surface area contributed by atoms with E-state index in [1.165, 1.54) is 18.2 Å². The molecule has 2 aromatic rings. The third-order valence-corrected chi connectivity index (χ3v) is 3.78. The molecule has 0 aliphatic carbocycles. The Bertz CT molecular complexity index is 778. The fourth-order valence-corrected chi connectivity index (χ4v) is 2.52. The Morgan fingerprint density at radius 3 is 2.40 bits per heavy atom. The van der Waals surface area contributed by atoms with E-state index in [9.17, 15) is 14.4 Å². The molecule has 25 heavy (non-hydrogen) atoms. The first kappa shape index (κ1) is 19.0. The van der Waals surface area contributed by atoms with E-state index in [0.29, 0.717) is 5.02 Å². The third kappa shape index (κ3) is 6.21. The van der Waals surface area contributed by atoms with Gasteiger partial charge in [0.1, 0.15) is 6.54 Å². The number of rotatable bonds is 7. The number of esters is 1. The average Bonchev–Trinajstić information content (AvgIpc) is 2.58. The minimum Gasteiger partial charge on any atom is -0.456 e. The molecular formula is C18H15Cl2NO4. The molecule has 7 heteroatoms. The normalized spacial score (nSPS) is 10.2. The van der Waals surface area contributed by atoms with Crippen molar-refractivity contribution in [1.82, 2.24) is 5.32 Å². The van der Waals surface area contributed by atoms with Crippen molar-refractivity contribution in [2.45, 2.75) is 6.42 Å². The molecule has 1 N–H and O–H groups in total. The topological polar surface area (TPSA) is 72.5 Å².